The molecular formula is C26H31N3O3. The molecule has 0 aliphatic carbocycles. The summed E-state index contributed by atoms with van der Waals surface area (Å²) in [7, 11) is 0. The number of aliphatic hydroxyl groups is 1. The Labute approximate surface area is 188 Å². The fourth-order valence-corrected chi connectivity index (χ4v) is 4.50. The predicted molar refractivity (Wildman–Crippen MR) is 126 cm³/mol. The molecule has 168 valence electrons. The average molecular weight is 434 g/mol. The molecule has 1 aromatic carbocycles. The van der Waals surface area contributed by atoms with Gasteiger partial charge in [-0.05, 0) is 73.8 Å². The SMILES string of the molecule is O=C(O)C[C@H](CC(O)CCCCc1ccc2c(n1)NCCC2)c1cnc2ccccc2c1. The number of carboxylic acid groups (broad SMARTS) is 1. The fourth-order valence-electron chi connectivity index (χ4n) is 4.50. The third-order valence-corrected chi connectivity index (χ3v) is 6.23. The molecule has 0 amide bonds. The first-order chi connectivity index (χ1) is 15.6. The minimum atomic E-state index is -0.859. The van der Waals surface area contributed by atoms with Crippen LogP contribution >= 0.6 is 0 Å². The van der Waals surface area contributed by atoms with Crippen LogP contribution in [0.25, 0.3) is 10.9 Å². The van der Waals surface area contributed by atoms with Crippen molar-refractivity contribution in [1.29, 1.82) is 0 Å². The third-order valence-electron chi connectivity index (χ3n) is 6.23. The highest BCUT2D eigenvalue weighted by molar-refractivity contribution is 5.79. The van der Waals surface area contributed by atoms with Gasteiger partial charge in [-0.25, -0.2) is 4.98 Å². The molecule has 32 heavy (non-hydrogen) atoms. The van der Waals surface area contributed by atoms with Gasteiger partial charge in [0.15, 0.2) is 0 Å². The Morgan fingerprint density at radius 2 is 2.03 bits per heavy atom. The van der Waals surface area contributed by atoms with Gasteiger partial charge in [-0.3, -0.25) is 9.78 Å². The lowest BCUT2D eigenvalue weighted by atomic mass is 9.89. The van der Waals surface area contributed by atoms with E-state index < -0.39 is 12.1 Å². The Kier molecular flexibility index (Phi) is 7.32. The molecule has 0 saturated carbocycles. The number of rotatable bonds is 10. The van der Waals surface area contributed by atoms with E-state index in [1.54, 1.807) is 6.20 Å². The van der Waals surface area contributed by atoms with E-state index in [-0.39, 0.29) is 12.3 Å². The second-order valence-electron chi connectivity index (χ2n) is 8.73. The van der Waals surface area contributed by atoms with E-state index in [2.05, 4.69) is 22.4 Å². The van der Waals surface area contributed by atoms with Crippen molar-refractivity contribution in [3.8, 4) is 0 Å². The first-order valence-corrected chi connectivity index (χ1v) is 11.6. The zero-order valence-electron chi connectivity index (χ0n) is 18.3. The molecule has 0 saturated heterocycles. The second kappa shape index (κ2) is 10.6. The highest BCUT2D eigenvalue weighted by Crippen LogP contribution is 2.28. The van der Waals surface area contributed by atoms with Crippen LogP contribution in [0.4, 0.5) is 5.82 Å². The van der Waals surface area contributed by atoms with Crippen LogP contribution in [0.5, 0.6) is 0 Å². The summed E-state index contributed by atoms with van der Waals surface area (Å²) < 4.78 is 0. The van der Waals surface area contributed by atoms with Crippen molar-refractivity contribution in [2.75, 3.05) is 11.9 Å². The number of nitrogens with one attached hydrogen (secondary N) is 1. The van der Waals surface area contributed by atoms with Gasteiger partial charge in [0.1, 0.15) is 5.82 Å². The number of hydrogen-bond acceptors (Lipinski definition) is 5. The number of fused-ring (bicyclic) bond motifs is 2. The van der Waals surface area contributed by atoms with E-state index in [1.807, 2.05) is 30.3 Å². The molecule has 3 aromatic rings. The average Bonchev–Trinajstić information content (AvgIpc) is 2.80. The van der Waals surface area contributed by atoms with Gasteiger partial charge >= 0.3 is 5.97 Å². The molecule has 1 unspecified atom stereocenters. The number of para-hydroxylation sites is 1. The molecule has 4 rings (SSSR count). The summed E-state index contributed by atoms with van der Waals surface area (Å²) in [5.74, 6) is -0.0928. The summed E-state index contributed by atoms with van der Waals surface area (Å²) in [6.45, 7) is 0.986. The topological polar surface area (TPSA) is 95.3 Å². The number of anilines is 1. The van der Waals surface area contributed by atoms with E-state index in [0.717, 1.165) is 66.6 Å². The van der Waals surface area contributed by atoms with Crippen LogP contribution in [0, 0.1) is 0 Å². The maximum Gasteiger partial charge on any atom is 0.303 e. The minimum absolute atomic E-state index is 0.0108. The van der Waals surface area contributed by atoms with Gasteiger partial charge in [0.05, 0.1) is 18.0 Å². The quantitative estimate of drug-likeness (QED) is 0.401. The van der Waals surface area contributed by atoms with Crippen LogP contribution < -0.4 is 5.32 Å². The van der Waals surface area contributed by atoms with Crippen LogP contribution in [0.1, 0.15) is 61.3 Å². The molecule has 6 heteroatoms. The zero-order valence-corrected chi connectivity index (χ0v) is 18.3. The van der Waals surface area contributed by atoms with Gasteiger partial charge in [-0.1, -0.05) is 30.7 Å². The third kappa shape index (κ3) is 5.82. The Bertz CT molecular complexity index is 1070. The summed E-state index contributed by atoms with van der Waals surface area (Å²) in [5.41, 5.74) is 4.13. The summed E-state index contributed by atoms with van der Waals surface area (Å²) in [6.07, 6.45) is 7.23. The van der Waals surface area contributed by atoms with Crippen molar-refractivity contribution in [3.05, 3.63) is 65.5 Å². The van der Waals surface area contributed by atoms with Crippen molar-refractivity contribution in [3.63, 3.8) is 0 Å². The maximum atomic E-state index is 11.4. The summed E-state index contributed by atoms with van der Waals surface area (Å²) >= 11 is 0. The number of carboxylic acids is 1. The largest absolute Gasteiger partial charge is 0.481 e. The van der Waals surface area contributed by atoms with Crippen LogP contribution in [-0.4, -0.2) is 38.8 Å². The highest BCUT2D eigenvalue weighted by Gasteiger charge is 2.20. The maximum absolute atomic E-state index is 11.4. The minimum Gasteiger partial charge on any atom is -0.481 e. The number of pyridine rings is 2. The summed E-state index contributed by atoms with van der Waals surface area (Å²) in [5, 5.41) is 24.4. The van der Waals surface area contributed by atoms with Crippen LogP contribution in [0.3, 0.4) is 0 Å². The van der Waals surface area contributed by atoms with Crippen molar-refractivity contribution in [1.82, 2.24) is 9.97 Å². The number of aliphatic carboxylic acids is 1. The molecule has 0 bridgehead atoms. The van der Waals surface area contributed by atoms with Crippen LogP contribution in [0.2, 0.25) is 0 Å². The predicted octanol–water partition coefficient (Wildman–Crippen LogP) is 4.71. The lowest BCUT2D eigenvalue weighted by molar-refractivity contribution is -0.137. The van der Waals surface area contributed by atoms with E-state index >= 15 is 0 Å². The van der Waals surface area contributed by atoms with Gasteiger partial charge in [0.25, 0.3) is 0 Å². The van der Waals surface area contributed by atoms with Gasteiger partial charge in [-0.15, -0.1) is 0 Å². The lowest BCUT2D eigenvalue weighted by Gasteiger charge is -2.20. The molecule has 2 atom stereocenters. The zero-order chi connectivity index (χ0) is 22.3. The smallest absolute Gasteiger partial charge is 0.303 e. The summed E-state index contributed by atoms with van der Waals surface area (Å²) in [4.78, 5) is 20.6. The van der Waals surface area contributed by atoms with Crippen molar-refractivity contribution < 1.29 is 15.0 Å². The molecular weight excluding hydrogens is 402 g/mol. The number of nitrogens with zero attached hydrogens (tertiary/aromatic N) is 2. The molecule has 0 fully saturated rings. The van der Waals surface area contributed by atoms with Crippen molar-refractivity contribution >= 4 is 22.7 Å². The Morgan fingerprint density at radius 1 is 1.16 bits per heavy atom. The Hall–Kier alpha value is -2.99. The van der Waals surface area contributed by atoms with Gasteiger partial charge < -0.3 is 15.5 Å². The van der Waals surface area contributed by atoms with E-state index in [9.17, 15) is 15.0 Å². The van der Waals surface area contributed by atoms with E-state index in [0.29, 0.717) is 12.8 Å². The second-order valence-corrected chi connectivity index (χ2v) is 8.73. The van der Waals surface area contributed by atoms with Crippen molar-refractivity contribution in [2.24, 2.45) is 0 Å². The van der Waals surface area contributed by atoms with Crippen molar-refractivity contribution in [2.45, 2.75) is 63.4 Å². The van der Waals surface area contributed by atoms with E-state index in [1.165, 1.54) is 5.56 Å². The Morgan fingerprint density at radius 3 is 2.91 bits per heavy atom. The number of aryl methyl sites for hydroxylation is 2. The lowest BCUT2D eigenvalue weighted by Crippen LogP contribution is -2.16. The molecule has 1 aliphatic heterocycles. The monoisotopic (exact) mass is 433 g/mol. The highest BCUT2D eigenvalue weighted by atomic mass is 16.4. The molecule has 0 radical (unpaired) electrons. The molecule has 3 N–H and O–H groups in total. The number of carbonyl (C=O) groups is 1. The number of unbranched alkanes of at least 4 members (excludes halogenated alkanes) is 1. The standard InChI is InChI=1S/C26H31N3O3/c30-23(9-3-2-8-22-12-11-18-7-5-13-27-26(18)29-22)15-20(16-25(31)32)21-14-19-6-1-4-10-24(19)28-17-21/h1,4,6,10-12,14,17,20,23,30H,2-3,5,7-9,13,15-16H2,(H,27,29)(H,31,32)/t20-,23?/m0/s1. The number of aliphatic hydroxyl groups excluding tert-OH is 1. The molecule has 0 spiro atoms. The number of hydrogen-bond donors (Lipinski definition) is 3. The molecule has 3 heterocycles. The molecule has 2 aromatic heterocycles. The molecule has 6 nitrogen and oxygen atoms in total. The fraction of sp³-hybridized carbons (Fsp3) is 0.423. The van der Waals surface area contributed by atoms with Crippen LogP contribution in [-0.2, 0) is 17.6 Å². The first-order valence-electron chi connectivity index (χ1n) is 11.6. The first kappa shape index (κ1) is 22.2. The Balaban J connectivity index is 1.30. The van der Waals surface area contributed by atoms with Crippen LogP contribution in [0.15, 0.2) is 48.7 Å². The van der Waals surface area contributed by atoms with E-state index in [4.69, 9.17) is 4.98 Å². The van der Waals surface area contributed by atoms with Gasteiger partial charge in [0.2, 0.25) is 0 Å². The van der Waals surface area contributed by atoms with Gasteiger partial charge in [-0.2, -0.15) is 0 Å². The normalized spacial score (nSPS) is 15.0. The molecule has 1 aliphatic rings. The summed E-state index contributed by atoms with van der Waals surface area (Å²) in [6, 6.07) is 14.1. The number of aromatic nitrogens is 2. The van der Waals surface area contributed by atoms with Gasteiger partial charge in [0, 0.05) is 23.8 Å². The number of benzene rings is 1.